The van der Waals surface area contributed by atoms with Crippen molar-refractivity contribution in [1.82, 2.24) is 0 Å². The molecule has 0 saturated carbocycles. The zero-order chi connectivity index (χ0) is 7.40. The second-order valence-corrected chi connectivity index (χ2v) is 2.72. The van der Waals surface area contributed by atoms with E-state index < -0.39 is 0 Å². The van der Waals surface area contributed by atoms with Crippen LogP contribution in [-0.4, -0.2) is 6.54 Å². The molecule has 54 valence electrons. The number of thiol groups is 1. The van der Waals surface area contributed by atoms with Crippen molar-refractivity contribution < 1.29 is 0 Å². The zero-order valence-corrected chi connectivity index (χ0v) is 6.64. The highest BCUT2D eigenvalue weighted by atomic mass is 32.1. The zero-order valence-electron chi connectivity index (χ0n) is 5.75. The summed E-state index contributed by atoms with van der Waals surface area (Å²) in [4.78, 5) is 1.01. The maximum atomic E-state index is 5.39. The van der Waals surface area contributed by atoms with Gasteiger partial charge in [0.25, 0.3) is 0 Å². The summed E-state index contributed by atoms with van der Waals surface area (Å²) in [7, 11) is 0. The molecular formula is C8H11NS. The molecule has 0 saturated heterocycles. The van der Waals surface area contributed by atoms with Crippen LogP contribution in [0.5, 0.6) is 0 Å². The normalized spacial score (nSPS) is 9.80. The van der Waals surface area contributed by atoms with E-state index in [0.717, 1.165) is 11.3 Å². The van der Waals surface area contributed by atoms with Gasteiger partial charge in [-0.1, -0.05) is 12.1 Å². The molecule has 2 N–H and O–H groups in total. The summed E-state index contributed by atoms with van der Waals surface area (Å²) in [6.45, 7) is 0.706. The Morgan fingerprint density at radius 2 is 2.20 bits per heavy atom. The van der Waals surface area contributed by atoms with Gasteiger partial charge in [0.1, 0.15) is 0 Å². The van der Waals surface area contributed by atoms with Crippen molar-refractivity contribution >= 4 is 12.6 Å². The molecule has 1 aromatic rings. The predicted molar refractivity (Wildman–Crippen MR) is 46.5 cm³/mol. The summed E-state index contributed by atoms with van der Waals surface area (Å²) in [6, 6.07) is 8.05. The molecule has 0 spiro atoms. The van der Waals surface area contributed by atoms with Gasteiger partial charge in [0.2, 0.25) is 0 Å². The van der Waals surface area contributed by atoms with Crippen LogP contribution in [0.1, 0.15) is 5.56 Å². The van der Waals surface area contributed by atoms with Gasteiger partial charge >= 0.3 is 0 Å². The van der Waals surface area contributed by atoms with Crippen LogP contribution in [-0.2, 0) is 6.42 Å². The molecule has 0 aliphatic carbocycles. The van der Waals surface area contributed by atoms with E-state index in [9.17, 15) is 0 Å². The summed E-state index contributed by atoms with van der Waals surface area (Å²) in [6.07, 6.45) is 0.939. The van der Waals surface area contributed by atoms with Crippen molar-refractivity contribution in [3.8, 4) is 0 Å². The first kappa shape index (κ1) is 7.63. The second kappa shape index (κ2) is 3.64. The molecule has 0 heterocycles. The standard InChI is InChI=1S/C8H11NS/c9-5-4-7-2-1-3-8(10)6-7/h1-3,6,10H,4-5,9H2. The lowest BCUT2D eigenvalue weighted by atomic mass is 10.2. The van der Waals surface area contributed by atoms with Gasteiger partial charge in [-0.3, -0.25) is 0 Å². The Kier molecular flexibility index (Phi) is 2.78. The van der Waals surface area contributed by atoms with Gasteiger partial charge in [-0.25, -0.2) is 0 Å². The van der Waals surface area contributed by atoms with Gasteiger partial charge in [-0.15, -0.1) is 12.6 Å². The SMILES string of the molecule is NCCc1cccc(S)c1. The maximum absolute atomic E-state index is 5.39. The highest BCUT2D eigenvalue weighted by Gasteiger charge is 1.89. The Labute approximate surface area is 66.7 Å². The third-order valence-corrected chi connectivity index (χ3v) is 1.62. The summed E-state index contributed by atoms with van der Waals surface area (Å²) < 4.78 is 0. The second-order valence-electron chi connectivity index (χ2n) is 2.21. The number of hydrogen-bond acceptors (Lipinski definition) is 2. The highest BCUT2D eigenvalue weighted by Crippen LogP contribution is 2.08. The first-order valence-corrected chi connectivity index (χ1v) is 3.75. The summed E-state index contributed by atoms with van der Waals surface area (Å²) in [5.74, 6) is 0. The molecule has 1 rings (SSSR count). The average Bonchev–Trinajstić information content (AvgIpc) is 1.88. The van der Waals surface area contributed by atoms with Gasteiger partial charge < -0.3 is 5.73 Å². The number of benzene rings is 1. The fraction of sp³-hybridized carbons (Fsp3) is 0.250. The van der Waals surface area contributed by atoms with Gasteiger partial charge in [-0.05, 0) is 30.7 Å². The molecule has 0 atom stereocenters. The van der Waals surface area contributed by atoms with Gasteiger partial charge in [0.05, 0.1) is 0 Å². The van der Waals surface area contributed by atoms with Crippen molar-refractivity contribution in [2.75, 3.05) is 6.54 Å². The van der Waals surface area contributed by atoms with Crippen LogP contribution in [0.25, 0.3) is 0 Å². The van der Waals surface area contributed by atoms with Gasteiger partial charge in [-0.2, -0.15) is 0 Å². The number of rotatable bonds is 2. The minimum absolute atomic E-state index is 0.706. The minimum Gasteiger partial charge on any atom is -0.330 e. The largest absolute Gasteiger partial charge is 0.330 e. The Morgan fingerprint density at radius 3 is 2.80 bits per heavy atom. The van der Waals surface area contributed by atoms with Crippen molar-refractivity contribution in [2.45, 2.75) is 11.3 Å². The maximum Gasteiger partial charge on any atom is 0.00427 e. The molecule has 0 aromatic heterocycles. The monoisotopic (exact) mass is 153 g/mol. The molecule has 1 nitrogen and oxygen atoms in total. The van der Waals surface area contributed by atoms with E-state index in [4.69, 9.17) is 5.73 Å². The van der Waals surface area contributed by atoms with Crippen LogP contribution < -0.4 is 5.73 Å². The average molecular weight is 153 g/mol. The lowest BCUT2D eigenvalue weighted by molar-refractivity contribution is 0.964. The number of nitrogens with two attached hydrogens (primary N) is 1. The molecule has 0 bridgehead atoms. The fourth-order valence-electron chi connectivity index (χ4n) is 0.879. The lowest BCUT2D eigenvalue weighted by Gasteiger charge is -1.97. The van der Waals surface area contributed by atoms with Gasteiger partial charge in [0, 0.05) is 4.90 Å². The van der Waals surface area contributed by atoms with Crippen LogP contribution in [0.3, 0.4) is 0 Å². The number of hydrogen-bond donors (Lipinski definition) is 2. The van der Waals surface area contributed by atoms with Crippen LogP contribution in [0.15, 0.2) is 29.2 Å². The Morgan fingerprint density at radius 1 is 1.40 bits per heavy atom. The molecule has 0 unspecified atom stereocenters. The van der Waals surface area contributed by atoms with Crippen LogP contribution in [0, 0.1) is 0 Å². The Hall–Kier alpha value is -0.470. The van der Waals surface area contributed by atoms with E-state index in [1.807, 2.05) is 18.2 Å². The van der Waals surface area contributed by atoms with Crippen molar-refractivity contribution in [3.05, 3.63) is 29.8 Å². The van der Waals surface area contributed by atoms with E-state index in [2.05, 4.69) is 18.7 Å². The molecule has 0 amide bonds. The molecule has 0 aliphatic heterocycles. The Bertz CT molecular complexity index is 210. The van der Waals surface area contributed by atoms with E-state index in [1.54, 1.807) is 0 Å². The van der Waals surface area contributed by atoms with Crippen molar-refractivity contribution in [2.24, 2.45) is 5.73 Å². The predicted octanol–water partition coefficient (Wildman–Crippen LogP) is 1.48. The van der Waals surface area contributed by atoms with E-state index in [0.29, 0.717) is 6.54 Å². The fourth-order valence-corrected chi connectivity index (χ4v) is 1.13. The van der Waals surface area contributed by atoms with E-state index in [-0.39, 0.29) is 0 Å². The van der Waals surface area contributed by atoms with Crippen LogP contribution >= 0.6 is 12.6 Å². The quantitative estimate of drug-likeness (QED) is 0.618. The molecule has 10 heavy (non-hydrogen) atoms. The molecule has 0 fully saturated rings. The molecule has 0 radical (unpaired) electrons. The summed E-state index contributed by atoms with van der Waals surface area (Å²) >= 11 is 4.21. The third-order valence-electron chi connectivity index (χ3n) is 1.34. The molecule has 1 aromatic carbocycles. The third kappa shape index (κ3) is 2.05. The first-order chi connectivity index (χ1) is 4.83. The molecule has 2 heteroatoms. The Balaban J connectivity index is 2.75. The summed E-state index contributed by atoms with van der Waals surface area (Å²) in [5, 5.41) is 0. The van der Waals surface area contributed by atoms with E-state index >= 15 is 0 Å². The van der Waals surface area contributed by atoms with Crippen molar-refractivity contribution in [1.29, 1.82) is 0 Å². The summed E-state index contributed by atoms with van der Waals surface area (Å²) in [5.41, 5.74) is 6.64. The first-order valence-electron chi connectivity index (χ1n) is 3.31. The molecule has 0 aliphatic rings. The van der Waals surface area contributed by atoms with Crippen LogP contribution in [0.2, 0.25) is 0 Å². The highest BCUT2D eigenvalue weighted by molar-refractivity contribution is 7.80. The van der Waals surface area contributed by atoms with Crippen LogP contribution in [0.4, 0.5) is 0 Å². The molecular weight excluding hydrogens is 142 g/mol. The van der Waals surface area contributed by atoms with Crippen molar-refractivity contribution in [3.63, 3.8) is 0 Å². The lowest BCUT2D eigenvalue weighted by Crippen LogP contribution is -2.02. The minimum atomic E-state index is 0.706. The van der Waals surface area contributed by atoms with Gasteiger partial charge in [0.15, 0.2) is 0 Å². The van der Waals surface area contributed by atoms with E-state index in [1.165, 1.54) is 5.56 Å². The topological polar surface area (TPSA) is 26.0 Å². The smallest absolute Gasteiger partial charge is 0.00427 e.